The van der Waals surface area contributed by atoms with Crippen LogP contribution in [-0.2, 0) is 0 Å². The number of hydrogen-bond acceptors (Lipinski definition) is 3. The number of rotatable bonds is 7. The van der Waals surface area contributed by atoms with E-state index in [-0.39, 0.29) is 25.2 Å². The molecular formula is C13H20F2N2O. The highest BCUT2D eigenvalue weighted by molar-refractivity contribution is 5.22. The van der Waals surface area contributed by atoms with Crippen LogP contribution < -0.4 is 11.1 Å². The summed E-state index contributed by atoms with van der Waals surface area (Å²) in [7, 11) is 0. The van der Waals surface area contributed by atoms with Gasteiger partial charge in [0.1, 0.15) is 11.6 Å². The first-order valence-corrected chi connectivity index (χ1v) is 6.13. The lowest BCUT2D eigenvalue weighted by Gasteiger charge is -2.24. The van der Waals surface area contributed by atoms with Gasteiger partial charge in [-0.3, -0.25) is 0 Å². The molecule has 0 saturated carbocycles. The predicted octanol–water partition coefficient (Wildman–Crippen LogP) is 1.72. The van der Waals surface area contributed by atoms with Crippen LogP contribution >= 0.6 is 0 Å². The van der Waals surface area contributed by atoms with Gasteiger partial charge in [0.25, 0.3) is 0 Å². The molecule has 0 aromatic heterocycles. The first-order valence-electron chi connectivity index (χ1n) is 6.13. The van der Waals surface area contributed by atoms with Crippen molar-refractivity contribution in [3.05, 3.63) is 35.4 Å². The Balaban J connectivity index is 2.81. The smallest absolute Gasteiger partial charge is 0.126 e. The highest BCUT2D eigenvalue weighted by Gasteiger charge is 2.16. The minimum absolute atomic E-state index is 0.0698. The molecule has 0 aliphatic heterocycles. The van der Waals surface area contributed by atoms with Crippen LogP contribution in [0.4, 0.5) is 8.78 Å². The Morgan fingerprint density at radius 1 is 1.28 bits per heavy atom. The van der Waals surface area contributed by atoms with Crippen molar-refractivity contribution >= 4 is 0 Å². The summed E-state index contributed by atoms with van der Waals surface area (Å²) in [6, 6.07) is 3.15. The number of aliphatic hydroxyl groups excluding tert-OH is 1. The van der Waals surface area contributed by atoms with E-state index in [9.17, 15) is 8.78 Å². The number of benzene rings is 1. The van der Waals surface area contributed by atoms with Crippen molar-refractivity contribution in [3.8, 4) is 0 Å². The number of halogens is 2. The van der Waals surface area contributed by atoms with E-state index in [1.54, 1.807) is 0 Å². The number of aliphatic hydroxyl groups is 1. The van der Waals surface area contributed by atoms with E-state index in [0.717, 1.165) is 12.5 Å². The molecule has 1 aromatic rings. The molecule has 0 bridgehead atoms. The lowest BCUT2D eigenvalue weighted by Crippen LogP contribution is -2.37. The summed E-state index contributed by atoms with van der Waals surface area (Å²) < 4.78 is 26.3. The van der Waals surface area contributed by atoms with E-state index in [1.165, 1.54) is 12.1 Å². The van der Waals surface area contributed by atoms with Gasteiger partial charge in [0.15, 0.2) is 0 Å². The van der Waals surface area contributed by atoms with Gasteiger partial charge in [-0.2, -0.15) is 0 Å². The third-order valence-electron chi connectivity index (χ3n) is 2.93. The second-order valence-electron chi connectivity index (χ2n) is 4.28. The molecule has 1 aromatic carbocycles. The second kappa shape index (κ2) is 7.41. The fourth-order valence-corrected chi connectivity index (χ4v) is 1.92. The van der Waals surface area contributed by atoms with E-state index < -0.39 is 11.6 Å². The van der Waals surface area contributed by atoms with Gasteiger partial charge in [-0.05, 0) is 30.5 Å². The highest BCUT2D eigenvalue weighted by Crippen LogP contribution is 2.17. The molecule has 2 unspecified atom stereocenters. The average molecular weight is 258 g/mol. The van der Waals surface area contributed by atoms with Crippen LogP contribution in [0.2, 0.25) is 0 Å². The molecule has 0 aliphatic rings. The molecule has 0 radical (unpaired) electrons. The van der Waals surface area contributed by atoms with Crippen molar-refractivity contribution in [1.29, 1.82) is 0 Å². The second-order valence-corrected chi connectivity index (χ2v) is 4.28. The zero-order valence-electron chi connectivity index (χ0n) is 10.5. The van der Waals surface area contributed by atoms with Gasteiger partial charge >= 0.3 is 0 Å². The Hall–Kier alpha value is -1.04. The maximum atomic E-state index is 13.1. The summed E-state index contributed by atoms with van der Waals surface area (Å²) >= 11 is 0. The third-order valence-corrected chi connectivity index (χ3v) is 2.93. The van der Waals surface area contributed by atoms with Crippen LogP contribution in [0, 0.1) is 11.6 Å². The fourth-order valence-electron chi connectivity index (χ4n) is 1.92. The maximum absolute atomic E-state index is 13.1. The van der Waals surface area contributed by atoms with Crippen LogP contribution in [0.3, 0.4) is 0 Å². The Labute approximate surface area is 106 Å². The third kappa shape index (κ3) is 4.33. The Bertz CT molecular complexity index is 354. The summed E-state index contributed by atoms with van der Waals surface area (Å²) in [5, 5.41) is 12.1. The Kier molecular flexibility index (Phi) is 6.18. The molecule has 2 atom stereocenters. The minimum Gasteiger partial charge on any atom is -0.396 e. The normalized spacial score (nSPS) is 14.5. The van der Waals surface area contributed by atoms with Gasteiger partial charge in [0.05, 0.1) is 0 Å². The van der Waals surface area contributed by atoms with Gasteiger partial charge in [-0.15, -0.1) is 0 Å². The van der Waals surface area contributed by atoms with Crippen molar-refractivity contribution in [2.75, 3.05) is 13.2 Å². The molecular weight excluding hydrogens is 238 g/mol. The molecule has 0 spiro atoms. The predicted molar refractivity (Wildman–Crippen MR) is 67.1 cm³/mol. The molecule has 5 heteroatoms. The van der Waals surface area contributed by atoms with E-state index in [4.69, 9.17) is 10.8 Å². The summed E-state index contributed by atoms with van der Waals surface area (Å²) in [6.07, 6.45) is 1.40. The first kappa shape index (κ1) is 15.0. The Morgan fingerprint density at radius 3 is 2.33 bits per heavy atom. The fraction of sp³-hybridized carbons (Fsp3) is 0.538. The summed E-state index contributed by atoms with van der Waals surface area (Å²) in [4.78, 5) is 0. The van der Waals surface area contributed by atoms with Gasteiger partial charge in [0.2, 0.25) is 0 Å². The molecule has 102 valence electrons. The van der Waals surface area contributed by atoms with Crippen molar-refractivity contribution in [1.82, 2.24) is 5.32 Å². The monoisotopic (exact) mass is 258 g/mol. The van der Waals surface area contributed by atoms with Gasteiger partial charge in [0, 0.05) is 31.3 Å². The highest BCUT2D eigenvalue weighted by atomic mass is 19.1. The summed E-state index contributed by atoms with van der Waals surface area (Å²) in [5.41, 5.74) is 6.13. The van der Waals surface area contributed by atoms with Crippen molar-refractivity contribution < 1.29 is 13.9 Å². The molecule has 0 amide bonds. The topological polar surface area (TPSA) is 58.3 Å². The molecule has 3 nitrogen and oxygen atoms in total. The van der Waals surface area contributed by atoms with Gasteiger partial charge < -0.3 is 16.2 Å². The van der Waals surface area contributed by atoms with Crippen LogP contribution in [0.25, 0.3) is 0 Å². The largest absolute Gasteiger partial charge is 0.396 e. The van der Waals surface area contributed by atoms with E-state index in [2.05, 4.69) is 5.32 Å². The van der Waals surface area contributed by atoms with Crippen molar-refractivity contribution in [2.45, 2.75) is 31.8 Å². The Morgan fingerprint density at radius 2 is 1.89 bits per heavy atom. The zero-order valence-corrected chi connectivity index (χ0v) is 10.5. The summed E-state index contributed by atoms with van der Waals surface area (Å²) in [5.74, 6) is -1.22. The lowest BCUT2D eigenvalue weighted by atomic mass is 10.0. The molecule has 0 saturated heterocycles. The number of hydrogen-bond donors (Lipinski definition) is 3. The molecule has 4 N–H and O–H groups in total. The lowest BCUT2D eigenvalue weighted by molar-refractivity contribution is 0.255. The number of nitrogens with two attached hydrogens (primary N) is 1. The van der Waals surface area contributed by atoms with Gasteiger partial charge in [-0.25, -0.2) is 8.78 Å². The van der Waals surface area contributed by atoms with Crippen molar-refractivity contribution in [2.24, 2.45) is 5.73 Å². The molecule has 18 heavy (non-hydrogen) atoms. The molecule has 0 aliphatic carbocycles. The first-order chi connectivity index (χ1) is 8.60. The van der Waals surface area contributed by atoms with E-state index >= 15 is 0 Å². The molecule has 0 fully saturated rings. The SMILES string of the molecule is CCC(CCO)NC(CN)c1cc(F)cc(F)c1. The quantitative estimate of drug-likeness (QED) is 0.698. The molecule has 1 rings (SSSR count). The van der Waals surface area contributed by atoms with Crippen LogP contribution in [0.1, 0.15) is 31.4 Å². The zero-order chi connectivity index (χ0) is 13.5. The van der Waals surface area contributed by atoms with Gasteiger partial charge in [-0.1, -0.05) is 6.92 Å². The summed E-state index contributed by atoms with van der Waals surface area (Å²) in [6.45, 7) is 2.29. The standard InChI is InChI=1S/C13H20F2N2O/c1-2-12(3-4-18)17-13(8-16)9-5-10(14)7-11(15)6-9/h5-7,12-13,17-18H,2-4,8,16H2,1H3. The van der Waals surface area contributed by atoms with Crippen LogP contribution in [-0.4, -0.2) is 24.3 Å². The maximum Gasteiger partial charge on any atom is 0.126 e. The van der Waals surface area contributed by atoms with E-state index in [1.807, 2.05) is 6.92 Å². The minimum atomic E-state index is -0.611. The molecule has 0 heterocycles. The van der Waals surface area contributed by atoms with Crippen LogP contribution in [0.15, 0.2) is 18.2 Å². The average Bonchev–Trinajstić information content (AvgIpc) is 2.33. The van der Waals surface area contributed by atoms with Crippen molar-refractivity contribution in [3.63, 3.8) is 0 Å². The number of nitrogens with one attached hydrogen (secondary N) is 1. The van der Waals surface area contributed by atoms with E-state index in [0.29, 0.717) is 12.0 Å². The van der Waals surface area contributed by atoms with Crippen LogP contribution in [0.5, 0.6) is 0 Å².